The predicted molar refractivity (Wildman–Crippen MR) is 54.6 cm³/mol. The smallest absolute Gasteiger partial charge is 0.346 e. The van der Waals surface area contributed by atoms with Gasteiger partial charge in [0.15, 0.2) is 0 Å². The van der Waals surface area contributed by atoms with Crippen LogP contribution in [0, 0.1) is 0 Å². The summed E-state index contributed by atoms with van der Waals surface area (Å²) in [6.45, 7) is 2.07. The third-order valence-electron chi connectivity index (χ3n) is 2.54. The van der Waals surface area contributed by atoms with Gasteiger partial charge in [0.25, 0.3) is 0 Å². The quantitative estimate of drug-likeness (QED) is 0.545. The second kappa shape index (κ2) is 3.85. The molecular formula is C12H12O3. The van der Waals surface area contributed by atoms with E-state index < -0.39 is 11.9 Å². The van der Waals surface area contributed by atoms with E-state index in [4.69, 9.17) is 0 Å². The van der Waals surface area contributed by atoms with Crippen molar-refractivity contribution in [1.82, 2.24) is 0 Å². The zero-order valence-electron chi connectivity index (χ0n) is 8.58. The summed E-state index contributed by atoms with van der Waals surface area (Å²) in [6, 6.07) is 5.51. The lowest BCUT2D eigenvalue weighted by molar-refractivity contribution is -0.137. The Balaban J connectivity index is 2.49. The highest BCUT2D eigenvalue weighted by molar-refractivity contribution is 6.02. The van der Waals surface area contributed by atoms with Crippen LogP contribution in [-0.4, -0.2) is 11.9 Å². The summed E-state index contributed by atoms with van der Waals surface area (Å²) >= 11 is 0. The van der Waals surface area contributed by atoms with Crippen LogP contribution in [-0.2, 0) is 22.4 Å². The van der Waals surface area contributed by atoms with E-state index in [0.717, 1.165) is 24.0 Å². The van der Waals surface area contributed by atoms with Gasteiger partial charge in [-0.25, -0.2) is 4.79 Å². The van der Waals surface area contributed by atoms with Gasteiger partial charge in [0.2, 0.25) is 0 Å². The molecule has 0 spiro atoms. The zero-order chi connectivity index (χ0) is 10.8. The Labute approximate surface area is 88.1 Å². The molecule has 0 saturated carbocycles. The van der Waals surface area contributed by atoms with E-state index in [2.05, 4.69) is 11.7 Å². The molecule has 1 aliphatic heterocycles. The lowest BCUT2D eigenvalue weighted by Crippen LogP contribution is -2.24. The number of ether oxygens (including phenoxy) is 1. The van der Waals surface area contributed by atoms with Crippen molar-refractivity contribution in [3.8, 4) is 0 Å². The van der Waals surface area contributed by atoms with Gasteiger partial charge in [-0.15, -0.1) is 0 Å². The van der Waals surface area contributed by atoms with Crippen molar-refractivity contribution >= 4 is 11.9 Å². The topological polar surface area (TPSA) is 43.4 Å². The van der Waals surface area contributed by atoms with E-state index in [1.165, 1.54) is 0 Å². The van der Waals surface area contributed by atoms with Crippen LogP contribution in [0.25, 0.3) is 0 Å². The highest BCUT2D eigenvalue weighted by Gasteiger charge is 2.25. The highest BCUT2D eigenvalue weighted by Crippen LogP contribution is 2.22. The number of hydrogen-bond acceptors (Lipinski definition) is 3. The summed E-state index contributed by atoms with van der Waals surface area (Å²) in [6.07, 6.45) is 2.11. The van der Waals surface area contributed by atoms with Crippen LogP contribution in [0.2, 0.25) is 0 Å². The van der Waals surface area contributed by atoms with E-state index >= 15 is 0 Å². The van der Waals surface area contributed by atoms with Crippen LogP contribution in [0.5, 0.6) is 0 Å². The van der Waals surface area contributed by atoms with Crippen LogP contribution < -0.4 is 0 Å². The van der Waals surface area contributed by atoms with Crippen LogP contribution in [0.4, 0.5) is 0 Å². The molecule has 0 bridgehead atoms. The summed E-state index contributed by atoms with van der Waals surface area (Å²) in [4.78, 5) is 22.6. The molecule has 0 radical (unpaired) electrons. The van der Waals surface area contributed by atoms with Crippen molar-refractivity contribution < 1.29 is 14.3 Å². The number of esters is 2. The van der Waals surface area contributed by atoms with E-state index in [0.29, 0.717) is 5.56 Å². The van der Waals surface area contributed by atoms with Gasteiger partial charge in [-0.05, 0) is 23.6 Å². The molecule has 3 heteroatoms. The second-order valence-electron chi connectivity index (χ2n) is 3.63. The Morgan fingerprint density at radius 3 is 2.87 bits per heavy atom. The molecule has 1 aromatic rings. The van der Waals surface area contributed by atoms with Crippen LogP contribution in [0.15, 0.2) is 18.2 Å². The third-order valence-corrected chi connectivity index (χ3v) is 2.54. The van der Waals surface area contributed by atoms with E-state index in [1.54, 1.807) is 6.07 Å². The second-order valence-corrected chi connectivity index (χ2v) is 3.63. The van der Waals surface area contributed by atoms with Gasteiger partial charge in [0.1, 0.15) is 0 Å². The monoisotopic (exact) mass is 204 g/mol. The van der Waals surface area contributed by atoms with Crippen molar-refractivity contribution in [2.75, 3.05) is 0 Å². The van der Waals surface area contributed by atoms with E-state index in [-0.39, 0.29) is 6.42 Å². The Hall–Kier alpha value is -1.64. The Morgan fingerprint density at radius 2 is 2.13 bits per heavy atom. The average molecular weight is 204 g/mol. The first-order valence-electron chi connectivity index (χ1n) is 5.08. The number of carbonyl (C=O) groups excluding carboxylic acids is 2. The lowest BCUT2D eigenvalue weighted by atomic mass is 9.94. The van der Waals surface area contributed by atoms with Gasteiger partial charge >= 0.3 is 11.9 Å². The third kappa shape index (κ3) is 1.77. The molecule has 15 heavy (non-hydrogen) atoms. The molecule has 1 aromatic carbocycles. The Kier molecular flexibility index (Phi) is 2.54. The average Bonchev–Trinajstić information content (AvgIpc) is 2.19. The summed E-state index contributed by atoms with van der Waals surface area (Å²) < 4.78 is 4.57. The number of aryl methyl sites for hydroxylation is 1. The van der Waals surface area contributed by atoms with Crippen molar-refractivity contribution in [2.24, 2.45) is 0 Å². The maximum atomic E-state index is 11.4. The molecule has 0 fully saturated rings. The number of benzene rings is 1. The fraction of sp³-hybridized carbons (Fsp3) is 0.333. The van der Waals surface area contributed by atoms with Crippen molar-refractivity contribution in [3.05, 3.63) is 34.9 Å². The summed E-state index contributed by atoms with van der Waals surface area (Å²) in [5.74, 6) is -0.963. The standard InChI is InChI=1S/C12H12O3/c1-2-4-8-5-3-6-9-10(8)7-11(13)15-12(9)14/h3,5-6H,2,4,7H2,1H3. The van der Waals surface area contributed by atoms with Crippen molar-refractivity contribution in [2.45, 2.75) is 26.2 Å². The minimum absolute atomic E-state index is 0.219. The van der Waals surface area contributed by atoms with Crippen LogP contribution in [0.1, 0.15) is 34.8 Å². The maximum Gasteiger partial charge on any atom is 0.346 e. The summed E-state index contributed by atoms with van der Waals surface area (Å²) in [7, 11) is 0. The van der Waals surface area contributed by atoms with E-state index in [1.807, 2.05) is 12.1 Å². The van der Waals surface area contributed by atoms with Gasteiger partial charge in [-0.1, -0.05) is 25.5 Å². The largest absolute Gasteiger partial charge is 0.389 e. The van der Waals surface area contributed by atoms with Crippen LogP contribution >= 0.6 is 0 Å². The molecule has 1 aliphatic rings. The van der Waals surface area contributed by atoms with Crippen molar-refractivity contribution in [1.29, 1.82) is 0 Å². The molecule has 78 valence electrons. The zero-order valence-corrected chi connectivity index (χ0v) is 8.58. The summed E-state index contributed by atoms with van der Waals surface area (Å²) in [5.41, 5.74) is 2.47. The maximum absolute atomic E-state index is 11.4. The first kappa shape index (κ1) is 9.90. The number of carbonyl (C=O) groups is 2. The first-order chi connectivity index (χ1) is 7.22. The molecule has 1 heterocycles. The molecule has 0 saturated heterocycles. The molecule has 0 unspecified atom stereocenters. The molecular weight excluding hydrogens is 192 g/mol. The van der Waals surface area contributed by atoms with E-state index in [9.17, 15) is 9.59 Å². The molecule has 0 amide bonds. The minimum atomic E-state index is -0.515. The fourth-order valence-electron chi connectivity index (χ4n) is 1.88. The number of fused-ring (bicyclic) bond motifs is 1. The van der Waals surface area contributed by atoms with Gasteiger partial charge in [-0.3, -0.25) is 4.79 Å². The SMILES string of the molecule is CCCc1cccc2c1CC(=O)OC2=O. The number of cyclic esters (lactones) is 2. The minimum Gasteiger partial charge on any atom is -0.389 e. The number of hydrogen-bond donors (Lipinski definition) is 0. The first-order valence-corrected chi connectivity index (χ1v) is 5.08. The number of rotatable bonds is 2. The fourth-order valence-corrected chi connectivity index (χ4v) is 1.88. The highest BCUT2D eigenvalue weighted by atomic mass is 16.6. The van der Waals surface area contributed by atoms with Gasteiger partial charge in [0.05, 0.1) is 12.0 Å². The van der Waals surface area contributed by atoms with Crippen LogP contribution in [0.3, 0.4) is 0 Å². The van der Waals surface area contributed by atoms with Gasteiger partial charge in [0, 0.05) is 0 Å². The molecule has 0 atom stereocenters. The molecule has 0 aromatic heterocycles. The predicted octanol–water partition coefficient (Wildman–Crippen LogP) is 1.88. The van der Waals surface area contributed by atoms with Gasteiger partial charge < -0.3 is 4.74 Å². The molecule has 3 nitrogen and oxygen atoms in total. The molecule has 0 aliphatic carbocycles. The summed E-state index contributed by atoms with van der Waals surface area (Å²) in [5, 5.41) is 0. The Bertz CT molecular complexity index is 421. The molecule has 0 N–H and O–H groups in total. The van der Waals surface area contributed by atoms with Gasteiger partial charge in [-0.2, -0.15) is 0 Å². The Morgan fingerprint density at radius 1 is 1.33 bits per heavy atom. The molecule has 2 rings (SSSR count). The van der Waals surface area contributed by atoms with Crippen molar-refractivity contribution in [3.63, 3.8) is 0 Å². The normalized spacial score (nSPS) is 14.7. The lowest BCUT2D eigenvalue weighted by Gasteiger charge is -2.17.